The normalized spacial score (nSPS) is 19.4. The van der Waals surface area contributed by atoms with Gasteiger partial charge < -0.3 is 9.88 Å². The van der Waals surface area contributed by atoms with Gasteiger partial charge in [0.25, 0.3) is 5.91 Å². The zero-order valence-electron chi connectivity index (χ0n) is 17.9. The number of imidazole rings is 1. The molecule has 3 aromatic heterocycles. The van der Waals surface area contributed by atoms with Gasteiger partial charge in [-0.2, -0.15) is 5.10 Å². The molecule has 0 bridgehead atoms. The number of nitrogens with one attached hydrogen (secondary N) is 1. The molecule has 1 atom stereocenters. The molecule has 1 saturated heterocycles. The van der Waals surface area contributed by atoms with E-state index in [-0.39, 0.29) is 11.8 Å². The molecule has 0 unspecified atom stereocenters. The molecular formula is C24H26N6O. The number of carbonyl (C=O) groups excluding carboxylic acids is 1. The number of rotatable bonds is 3. The molecule has 1 aromatic carbocycles. The number of piperidine rings is 1. The first-order valence-corrected chi connectivity index (χ1v) is 11.2. The fourth-order valence-corrected chi connectivity index (χ4v) is 4.94. The second-order valence-corrected chi connectivity index (χ2v) is 9.01. The third kappa shape index (κ3) is 3.10. The maximum absolute atomic E-state index is 13.7. The summed E-state index contributed by atoms with van der Waals surface area (Å²) in [5.74, 6) is 1.78. The first-order chi connectivity index (χ1) is 15.1. The van der Waals surface area contributed by atoms with Crippen molar-refractivity contribution in [3.05, 3.63) is 53.1 Å². The van der Waals surface area contributed by atoms with Gasteiger partial charge in [0.05, 0.1) is 27.7 Å². The summed E-state index contributed by atoms with van der Waals surface area (Å²) in [6.07, 6.45) is 4.32. The monoisotopic (exact) mass is 414 g/mol. The van der Waals surface area contributed by atoms with Gasteiger partial charge in [-0.05, 0) is 50.8 Å². The van der Waals surface area contributed by atoms with E-state index in [1.165, 1.54) is 0 Å². The molecular weight excluding hydrogens is 388 g/mol. The van der Waals surface area contributed by atoms with E-state index in [4.69, 9.17) is 9.97 Å². The molecule has 0 spiro atoms. The molecule has 2 aliphatic rings. The Hall–Kier alpha value is -3.22. The maximum atomic E-state index is 13.7. The SMILES string of the molecule is Cc1nn(C)c2nc(C3CC3)cc(C(=O)N3CCC[C@@H](c4nc5ccccc5[nH]4)C3)c12. The lowest BCUT2D eigenvalue weighted by molar-refractivity contribution is 0.0706. The molecule has 7 heteroatoms. The van der Waals surface area contributed by atoms with Gasteiger partial charge in [0, 0.05) is 37.7 Å². The molecule has 6 rings (SSSR count). The number of hydrogen-bond donors (Lipinski definition) is 1. The summed E-state index contributed by atoms with van der Waals surface area (Å²) in [7, 11) is 1.91. The lowest BCUT2D eigenvalue weighted by Gasteiger charge is -2.32. The van der Waals surface area contributed by atoms with Crippen LogP contribution in [0.15, 0.2) is 30.3 Å². The molecule has 158 valence electrons. The molecule has 1 aliphatic heterocycles. The minimum absolute atomic E-state index is 0.0891. The highest BCUT2D eigenvalue weighted by atomic mass is 16.2. The van der Waals surface area contributed by atoms with Crippen LogP contribution in [-0.2, 0) is 7.05 Å². The lowest BCUT2D eigenvalue weighted by atomic mass is 9.96. The number of pyridine rings is 1. The highest BCUT2D eigenvalue weighted by Gasteiger charge is 2.32. The van der Waals surface area contributed by atoms with Crippen LogP contribution < -0.4 is 0 Å². The Balaban J connectivity index is 1.35. The summed E-state index contributed by atoms with van der Waals surface area (Å²) in [5, 5.41) is 5.45. The van der Waals surface area contributed by atoms with E-state index in [9.17, 15) is 4.79 Å². The Morgan fingerprint density at radius 3 is 2.77 bits per heavy atom. The third-order valence-electron chi connectivity index (χ3n) is 6.72. The number of nitrogens with zero attached hydrogens (tertiary/aromatic N) is 5. The van der Waals surface area contributed by atoms with E-state index in [0.29, 0.717) is 12.5 Å². The van der Waals surface area contributed by atoms with Gasteiger partial charge in [0.2, 0.25) is 0 Å². The number of likely N-dealkylation sites (tertiary alicyclic amines) is 1. The molecule has 0 radical (unpaired) electrons. The van der Waals surface area contributed by atoms with Crippen LogP contribution in [0.1, 0.15) is 65.1 Å². The lowest BCUT2D eigenvalue weighted by Crippen LogP contribution is -2.39. The van der Waals surface area contributed by atoms with Crippen molar-refractivity contribution in [1.29, 1.82) is 0 Å². The first-order valence-electron chi connectivity index (χ1n) is 11.2. The minimum atomic E-state index is 0.0891. The number of amides is 1. The molecule has 31 heavy (non-hydrogen) atoms. The van der Waals surface area contributed by atoms with E-state index in [2.05, 4.69) is 16.1 Å². The second-order valence-electron chi connectivity index (χ2n) is 9.01. The van der Waals surface area contributed by atoms with Crippen molar-refractivity contribution in [2.45, 2.75) is 44.4 Å². The zero-order chi connectivity index (χ0) is 21.1. The fraction of sp³-hybridized carbons (Fsp3) is 0.417. The van der Waals surface area contributed by atoms with Crippen molar-refractivity contribution in [3.8, 4) is 0 Å². The van der Waals surface area contributed by atoms with Gasteiger partial charge in [-0.1, -0.05) is 12.1 Å². The number of carbonyl (C=O) groups is 1. The van der Waals surface area contributed by atoms with E-state index in [1.807, 2.05) is 43.1 Å². The van der Waals surface area contributed by atoms with Crippen LogP contribution in [0.3, 0.4) is 0 Å². The van der Waals surface area contributed by atoms with Crippen LogP contribution in [0.25, 0.3) is 22.1 Å². The predicted molar refractivity (Wildman–Crippen MR) is 119 cm³/mol. The van der Waals surface area contributed by atoms with Crippen molar-refractivity contribution in [1.82, 2.24) is 29.6 Å². The van der Waals surface area contributed by atoms with Crippen molar-refractivity contribution in [3.63, 3.8) is 0 Å². The van der Waals surface area contributed by atoms with Gasteiger partial charge in [0.1, 0.15) is 5.82 Å². The molecule has 1 N–H and O–H groups in total. The Morgan fingerprint density at radius 1 is 1.13 bits per heavy atom. The van der Waals surface area contributed by atoms with Gasteiger partial charge in [-0.25, -0.2) is 9.97 Å². The topological polar surface area (TPSA) is 79.7 Å². The quantitative estimate of drug-likeness (QED) is 0.548. The molecule has 7 nitrogen and oxygen atoms in total. The summed E-state index contributed by atoms with van der Waals surface area (Å²) in [5.41, 5.74) is 5.50. The number of H-pyrrole nitrogens is 1. The number of aromatic amines is 1. The Kier molecular flexibility index (Phi) is 4.13. The smallest absolute Gasteiger partial charge is 0.254 e. The molecule has 4 aromatic rings. The Labute approximate surface area is 180 Å². The van der Waals surface area contributed by atoms with E-state index >= 15 is 0 Å². The van der Waals surface area contributed by atoms with E-state index in [0.717, 1.165) is 77.1 Å². The van der Waals surface area contributed by atoms with Gasteiger partial charge in [-0.3, -0.25) is 9.48 Å². The van der Waals surface area contributed by atoms with Crippen LogP contribution >= 0.6 is 0 Å². The number of aromatic nitrogens is 5. The van der Waals surface area contributed by atoms with Gasteiger partial charge in [-0.15, -0.1) is 0 Å². The number of fused-ring (bicyclic) bond motifs is 2. The van der Waals surface area contributed by atoms with Crippen LogP contribution in [-0.4, -0.2) is 48.6 Å². The summed E-state index contributed by atoms with van der Waals surface area (Å²) in [6.45, 7) is 3.42. The number of benzene rings is 1. The first kappa shape index (κ1) is 18.5. The molecule has 1 aliphatic carbocycles. The average Bonchev–Trinajstić information content (AvgIpc) is 3.49. The fourth-order valence-electron chi connectivity index (χ4n) is 4.94. The maximum Gasteiger partial charge on any atom is 0.254 e. The summed E-state index contributed by atoms with van der Waals surface area (Å²) in [6, 6.07) is 10.1. The van der Waals surface area contributed by atoms with Crippen LogP contribution in [0.4, 0.5) is 0 Å². The van der Waals surface area contributed by atoms with Crippen molar-refractivity contribution in [2.24, 2.45) is 7.05 Å². The Morgan fingerprint density at radius 2 is 1.97 bits per heavy atom. The summed E-state index contributed by atoms with van der Waals surface area (Å²) >= 11 is 0. The molecule has 1 amide bonds. The standard InChI is InChI=1S/C24H26N6O/c1-14-21-17(12-20(15-9-10-15)27-23(21)29(2)28-14)24(31)30-11-5-6-16(13-30)22-25-18-7-3-4-8-19(18)26-22/h3-4,7-8,12,15-16H,5-6,9-11,13H2,1-2H3,(H,25,26)/t16-/m1/s1. The van der Waals surface area contributed by atoms with Gasteiger partial charge in [0.15, 0.2) is 5.65 Å². The molecule has 4 heterocycles. The number of para-hydroxylation sites is 2. The van der Waals surface area contributed by atoms with Crippen LogP contribution in [0, 0.1) is 6.92 Å². The second kappa shape index (κ2) is 6.90. The zero-order valence-corrected chi connectivity index (χ0v) is 17.9. The van der Waals surface area contributed by atoms with Crippen LogP contribution in [0.2, 0.25) is 0 Å². The third-order valence-corrected chi connectivity index (χ3v) is 6.72. The highest BCUT2D eigenvalue weighted by molar-refractivity contribution is 6.06. The van der Waals surface area contributed by atoms with Crippen molar-refractivity contribution >= 4 is 28.0 Å². The summed E-state index contributed by atoms with van der Waals surface area (Å²) in [4.78, 5) is 28.9. The molecule has 1 saturated carbocycles. The number of hydrogen-bond acceptors (Lipinski definition) is 4. The Bertz CT molecular complexity index is 1280. The van der Waals surface area contributed by atoms with Crippen molar-refractivity contribution in [2.75, 3.05) is 13.1 Å². The van der Waals surface area contributed by atoms with Gasteiger partial charge >= 0.3 is 0 Å². The highest BCUT2D eigenvalue weighted by Crippen LogP contribution is 2.41. The molecule has 2 fully saturated rings. The van der Waals surface area contributed by atoms with E-state index in [1.54, 1.807) is 4.68 Å². The van der Waals surface area contributed by atoms with Crippen molar-refractivity contribution < 1.29 is 4.79 Å². The van der Waals surface area contributed by atoms with Crippen LogP contribution in [0.5, 0.6) is 0 Å². The largest absolute Gasteiger partial charge is 0.342 e. The number of aryl methyl sites for hydroxylation is 2. The minimum Gasteiger partial charge on any atom is -0.342 e. The predicted octanol–water partition coefficient (Wildman–Crippen LogP) is 4.05. The van der Waals surface area contributed by atoms with E-state index < -0.39 is 0 Å². The average molecular weight is 415 g/mol. The summed E-state index contributed by atoms with van der Waals surface area (Å²) < 4.78 is 1.81.